The van der Waals surface area contributed by atoms with Gasteiger partial charge in [-0.3, -0.25) is 9.59 Å². The quantitative estimate of drug-likeness (QED) is 0.714. The van der Waals surface area contributed by atoms with Gasteiger partial charge in [-0.1, -0.05) is 20.3 Å². The number of unbranched alkanes of at least 4 members (excludes halogenated alkanes) is 1. The number of benzene rings is 1. The predicted octanol–water partition coefficient (Wildman–Crippen LogP) is 2.07. The van der Waals surface area contributed by atoms with E-state index in [0.717, 1.165) is 24.1 Å². The van der Waals surface area contributed by atoms with Crippen LogP contribution in [0.4, 0.5) is 5.69 Å². The van der Waals surface area contributed by atoms with Crippen LogP contribution < -0.4 is 10.2 Å². The van der Waals surface area contributed by atoms with Gasteiger partial charge in [0.05, 0.1) is 10.6 Å². The predicted molar refractivity (Wildman–Crippen MR) is 97.4 cm³/mol. The molecule has 1 aromatic carbocycles. The monoisotopic (exact) mass is 366 g/mol. The van der Waals surface area contributed by atoms with Crippen LogP contribution in [-0.4, -0.2) is 39.1 Å². The molecule has 0 aromatic heterocycles. The van der Waals surface area contributed by atoms with Crippen molar-refractivity contribution < 1.29 is 18.0 Å². The molecular formula is C18H26N2O4S. The molecule has 1 aliphatic rings. The molecule has 0 radical (unpaired) electrons. The summed E-state index contributed by atoms with van der Waals surface area (Å²) in [4.78, 5) is 25.5. The topological polar surface area (TPSA) is 83.6 Å². The van der Waals surface area contributed by atoms with Gasteiger partial charge in [-0.2, -0.15) is 0 Å². The first kappa shape index (κ1) is 19.4. The van der Waals surface area contributed by atoms with E-state index in [2.05, 4.69) is 5.32 Å². The smallest absolute Gasteiger partial charge is 0.226 e. The summed E-state index contributed by atoms with van der Waals surface area (Å²) < 4.78 is 25.0. The molecule has 0 saturated carbocycles. The summed E-state index contributed by atoms with van der Waals surface area (Å²) >= 11 is 0. The van der Waals surface area contributed by atoms with Crippen LogP contribution in [0.15, 0.2) is 23.1 Å². The van der Waals surface area contributed by atoms with Gasteiger partial charge in [-0.05, 0) is 36.6 Å². The van der Waals surface area contributed by atoms with Gasteiger partial charge in [0.25, 0.3) is 0 Å². The molecule has 2 amide bonds. The van der Waals surface area contributed by atoms with Crippen LogP contribution >= 0.6 is 0 Å². The second-order valence-corrected chi connectivity index (χ2v) is 8.32. The van der Waals surface area contributed by atoms with Crippen molar-refractivity contribution in [2.24, 2.45) is 0 Å². The molecule has 1 heterocycles. The lowest BCUT2D eigenvalue weighted by Gasteiger charge is -2.16. The van der Waals surface area contributed by atoms with Crippen LogP contribution in [0.25, 0.3) is 0 Å². The molecule has 1 aliphatic heterocycles. The van der Waals surface area contributed by atoms with E-state index in [1.165, 1.54) is 6.07 Å². The third-order valence-electron chi connectivity index (χ3n) is 4.36. The number of rotatable bonds is 8. The molecule has 0 spiro atoms. The van der Waals surface area contributed by atoms with E-state index in [0.29, 0.717) is 25.9 Å². The first-order valence-electron chi connectivity index (χ1n) is 8.81. The summed E-state index contributed by atoms with van der Waals surface area (Å²) in [6.07, 6.45) is 2.90. The number of amides is 2. The van der Waals surface area contributed by atoms with Crippen LogP contribution in [0.3, 0.4) is 0 Å². The Morgan fingerprint density at radius 3 is 2.68 bits per heavy atom. The van der Waals surface area contributed by atoms with Crippen molar-refractivity contribution in [2.75, 3.05) is 23.7 Å². The highest BCUT2D eigenvalue weighted by Crippen LogP contribution is 2.31. The van der Waals surface area contributed by atoms with Gasteiger partial charge in [-0.25, -0.2) is 8.42 Å². The number of anilines is 1. The summed E-state index contributed by atoms with van der Waals surface area (Å²) in [6.45, 7) is 5.01. The van der Waals surface area contributed by atoms with E-state index in [9.17, 15) is 18.0 Å². The third kappa shape index (κ3) is 4.81. The van der Waals surface area contributed by atoms with Crippen molar-refractivity contribution in [1.82, 2.24) is 5.32 Å². The van der Waals surface area contributed by atoms with Crippen LogP contribution in [0.2, 0.25) is 0 Å². The van der Waals surface area contributed by atoms with Gasteiger partial charge in [0.1, 0.15) is 0 Å². The SMILES string of the molecule is CCCCNC(=O)CCS(=O)(=O)c1ccc2c(c1)CCN2C(=O)CC. The lowest BCUT2D eigenvalue weighted by molar-refractivity contribution is -0.120. The fourth-order valence-electron chi connectivity index (χ4n) is 2.86. The Morgan fingerprint density at radius 1 is 1.24 bits per heavy atom. The molecule has 2 rings (SSSR count). The lowest BCUT2D eigenvalue weighted by Crippen LogP contribution is -2.27. The molecule has 6 nitrogen and oxygen atoms in total. The van der Waals surface area contributed by atoms with Crippen LogP contribution in [0, 0.1) is 0 Å². The van der Waals surface area contributed by atoms with Crippen molar-refractivity contribution in [3.8, 4) is 0 Å². The summed E-state index contributed by atoms with van der Waals surface area (Å²) in [5.74, 6) is -0.405. The number of hydrogen-bond donors (Lipinski definition) is 1. The Hall–Kier alpha value is -1.89. The number of carbonyl (C=O) groups is 2. The van der Waals surface area contributed by atoms with E-state index in [1.807, 2.05) is 13.8 Å². The van der Waals surface area contributed by atoms with Gasteiger partial charge < -0.3 is 10.2 Å². The van der Waals surface area contributed by atoms with Gasteiger partial charge in [0, 0.05) is 31.6 Å². The molecule has 0 fully saturated rings. The minimum atomic E-state index is -3.52. The summed E-state index contributed by atoms with van der Waals surface area (Å²) in [5, 5.41) is 2.73. The van der Waals surface area contributed by atoms with Crippen molar-refractivity contribution in [2.45, 2.75) is 50.8 Å². The van der Waals surface area contributed by atoms with E-state index < -0.39 is 9.84 Å². The first-order chi connectivity index (χ1) is 11.9. The van der Waals surface area contributed by atoms with Gasteiger partial charge >= 0.3 is 0 Å². The number of nitrogens with zero attached hydrogens (tertiary/aromatic N) is 1. The largest absolute Gasteiger partial charge is 0.356 e. The summed E-state index contributed by atoms with van der Waals surface area (Å²) in [7, 11) is -3.52. The number of hydrogen-bond acceptors (Lipinski definition) is 4. The normalized spacial score (nSPS) is 13.6. The molecule has 0 aliphatic carbocycles. The number of carbonyl (C=O) groups excluding carboxylic acids is 2. The number of fused-ring (bicyclic) bond motifs is 1. The van der Waals surface area contributed by atoms with E-state index in [-0.39, 0.29) is 28.9 Å². The van der Waals surface area contributed by atoms with Gasteiger partial charge in [0.2, 0.25) is 11.8 Å². The molecule has 1 N–H and O–H groups in total. The number of nitrogens with one attached hydrogen (secondary N) is 1. The molecule has 7 heteroatoms. The Morgan fingerprint density at radius 2 is 2.00 bits per heavy atom. The van der Waals surface area contributed by atoms with Crippen molar-refractivity contribution in [3.05, 3.63) is 23.8 Å². The summed E-state index contributed by atoms with van der Waals surface area (Å²) in [5.41, 5.74) is 1.67. The molecule has 1 aromatic rings. The lowest BCUT2D eigenvalue weighted by atomic mass is 10.2. The maximum Gasteiger partial charge on any atom is 0.226 e. The maximum absolute atomic E-state index is 12.5. The van der Waals surface area contributed by atoms with Crippen LogP contribution in [-0.2, 0) is 25.8 Å². The molecule has 0 unspecified atom stereocenters. The zero-order chi connectivity index (χ0) is 18.4. The van der Waals surface area contributed by atoms with Crippen molar-refractivity contribution >= 4 is 27.3 Å². The Bertz CT molecular complexity index is 743. The van der Waals surface area contributed by atoms with Crippen LogP contribution in [0.5, 0.6) is 0 Å². The van der Waals surface area contributed by atoms with Gasteiger partial charge in [-0.15, -0.1) is 0 Å². The van der Waals surface area contributed by atoms with Crippen molar-refractivity contribution in [3.63, 3.8) is 0 Å². The second kappa shape index (κ2) is 8.47. The minimum absolute atomic E-state index is 0.0381. The van der Waals surface area contributed by atoms with E-state index in [1.54, 1.807) is 17.0 Å². The number of sulfone groups is 1. The molecule has 25 heavy (non-hydrogen) atoms. The summed E-state index contributed by atoms with van der Waals surface area (Å²) in [6, 6.07) is 4.87. The highest BCUT2D eigenvalue weighted by Gasteiger charge is 2.26. The Kier molecular flexibility index (Phi) is 6.58. The second-order valence-electron chi connectivity index (χ2n) is 6.21. The molecule has 0 saturated heterocycles. The Balaban J connectivity index is 2.04. The third-order valence-corrected chi connectivity index (χ3v) is 6.07. The zero-order valence-electron chi connectivity index (χ0n) is 14.9. The highest BCUT2D eigenvalue weighted by atomic mass is 32.2. The van der Waals surface area contributed by atoms with Crippen molar-refractivity contribution in [1.29, 1.82) is 0 Å². The zero-order valence-corrected chi connectivity index (χ0v) is 15.7. The molecular weight excluding hydrogens is 340 g/mol. The fraction of sp³-hybridized carbons (Fsp3) is 0.556. The molecule has 0 atom stereocenters. The Labute approximate surface area is 149 Å². The fourth-order valence-corrected chi connectivity index (χ4v) is 4.15. The van der Waals surface area contributed by atoms with Crippen LogP contribution in [0.1, 0.15) is 45.1 Å². The highest BCUT2D eigenvalue weighted by molar-refractivity contribution is 7.91. The maximum atomic E-state index is 12.5. The van der Waals surface area contributed by atoms with Gasteiger partial charge in [0.15, 0.2) is 9.84 Å². The molecule has 0 bridgehead atoms. The van der Waals surface area contributed by atoms with E-state index in [4.69, 9.17) is 0 Å². The standard InChI is InChI=1S/C18H26N2O4S/c1-3-5-10-19-17(21)9-12-25(23,24)15-6-7-16-14(13-15)8-11-20(16)18(22)4-2/h6-7,13H,3-5,8-12H2,1-2H3,(H,19,21). The average molecular weight is 366 g/mol. The average Bonchev–Trinajstić information content (AvgIpc) is 3.03. The molecule has 138 valence electrons. The first-order valence-corrected chi connectivity index (χ1v) is 10.5. The van der Waals surface area contributed by atoms with E-state index >= 15 is 0 Å². The minimum Gasteiger partial charge on any atom is -0.356 e.